The van der Waals surface area contributed by atoms with Gasteiger partial charge in [-0.2, -0.15) is 0 Å². The molecular weight excluding hydrogens is 329 g/mol. The van der Waals surface area contributed by atoms with E-state index in [1.165, 1.54) is 6.07 Å². The second-order valence-corrected chi connectivity index (χ2v) is 5.51. The Morgan fingerprint density at radius 2 is 1.75 bits per heavy atom. The van der Waals surface area contributed by atoms with Gasteiger partial charge < -0.3 is 5.32 Å². The van der Waals surface area contributed by atoms with Gasteiger partial charge in [-0.3, -0.25) is 4.79 Å². The molecule has 0 spiro atoms. The zero-order chi connectivity index (χ0) is 16.9. The topological polar surface area (TPSA) is 54.9 Å². The summed E-state index contributed by atoms with van der Waals surface area (Å²) >= 11 is 6.03. The maximum Gasteiger partial charge on any atom is 0.230 e. The van der Waals surface area contributed by atoms with Crippen LogP contribution >= 0.6 is 11.6 Å². The van der Waals surface area contributed by atoms with Gasteiger partial charge >= 0.3 is 0 Å². The number of anilines is 1. The number of carbonyl (C=O) groups is 1. The van der Waals surface area contributed by atoms with E-state index in [9.17, 15) is 9.18 Å². The first-order valence-electron chi connectivity index (χ1n) is 7.25. The predicted molar refractivity (Wildman–Crippen MR) is 91.2 cm³/mol. The minimum atomic E-state index is -0.373. The number of halogens is 2. The summed E-state index contributed by atoms with van der Waals surface area (Å²) in [4.78, 5) is 12.0. The number of benzene rings is 2. The van der Waals surface area contributed by atoms with Crippen LogP contribution in [-0.2, 0) is 11.2 Å². The first kappa shape index (κ1) is 16.1. The van der Waals surface area contributed by atoms with Crippen molar-refractivity contribution in [3.63, 3.8) is 0 Å². The molecular formula is C18H13ClFN3O. The second kappa shape index (κ2) is 7.19. The van der Waals surface area contributed by atoms with Gasteiger partial charge in [0.05, 0.1) is 12.1 Å². The van der Waals surface area contributed by atoms with Gasteiger partial charge in [0.2, 0.25) is 5.91 Å². The molecule has 0 saturated heterocycles. The molecule has 1 aromatic heterocycles. The van der Waals surface area contributed by atoms with Gasteiger partial charge in [0.25, 0.3) is 0 Å². The molecule has 1 amide bonds. The highest BCUT2D eigenvalue weighted by molar-refractivity contribution is 6.31. The van der Waals surface area contributed by atoms with Crippen molar-refractivity contribution in [1.82, 2.24) is 10.2 Å². The molecule has 0 saturated carbocycles. The first-order valence-corrected chi connectivity index (χ1v) is 7.63. The molecule has 2 aromatic carbocycles. The van der Waals surface area contributed by atoms with Gasteiger partial charge in [-0.25, -0.2) is 4.39 Å². The van der Waals surface area contributed by atoms with Crippen molar-refractivity contribution >= 4 is 23.3 Å². The highest BCUT2D eigenvalue weighted by Crippen LogP contribution is 2.20. The SMILES string of the molecule is O=C(Cc1ccccc1Cl)Nc1ccc(-c2ccccc2F)nn1. The lowest BCUT2D eigenvalue weighted by atomic mass is 10.1. The van der Waals surface area contributed by atoms with E-state index >= 15 is 0 Å². The van der Waals surface area contributed by atoms with Gasteiger partial charge in [0.1, 0.15) is 5.82 Å². The predicted octanol–water partition coefficient (Wildman–Crippen LogP) is 4.12. The molecule has 0 aliphatic carbocycles. The van der Waals surface area contributed by atoms with Crippen LogP contribution in [0.2, 0.25) is 5.02 Å². The van der Waals surface area contributed by atoms with Crippen LogP contribution in [0.1, 0.15) is 5.56 Å². The quantitative estimate of drug-likeness (QED) is 0.776. The molecule has 4 nitrogen and oxygen atoms in total. The number of rotatable bonds is 4. The summed E-state index contributed by atoms with van der Waals surface area (Å²) in [5.41, 5.74) is 1.49. The van der Waals surface area contributed by atoms with Crippen LogP contribution in [0.15, 0.2) is 60.7 Å². The van der Waals surface area contributed by atoms with Crippen LogP contribution in [0.25, 0.3) is 11.3 Å². The van der Waals surface area contributed by atoms with E-state index in [1.807, 2.05) is 6.07 Å². The lowest BCUT2D eigenvalue weighted by Gasteiger charge is -2.06. The molecule has 0 atom stereocenters. The summed E-state index contributed by atoms with van der Waals surface area (Å²) in [6, 6.07) is 16.6. The van der Waals surface area contributed by atoms with Crippen LogP contribution in [-0.4, -0.2) is 16.1 Å². The standard InChI is InChI=1S/C18H13ClFN3O/c19-14-7-3-1-5-12(14)11-18(24)21-17-10-9-16(22-23-17)13-6-2-4-8-15(13)20/h1-10H,11H2,(H,21,23,24). The highest BCUT2D eigenvalue weighted by atomic mass is 35.5. The van der Waals surface area contributed by atoms with Crippen molar-refractivity contribution in [2.45, 2.75) is 6.42 Å². The lowest BCUT2D eigenvalue weighted by Crippen LogP contribution is -2.15. The summed E-state index contributed by atoms with van der Waals surface area (Å²) in [5.74, 6) is -0.328. The number of nitrogens with one attached hydrogen (secondary N) is 1. The van der Waals surface area contributed by atoms with Crippen LogP contribution in [0, 0.1) is 5.82 Å². The zero-order valence-corrected chi connectivity index (χ0v) is 13.3. The number of carbonyl (C=O) groups excluding carboxylic acids is 1. The summed E-state index contributed by atoms with van der Waals surface area (Å²) in [6.45, 7) is 0. The van der Waals surface area contributed by atoms with E-state index in [0.29, 0.717) is 22.1 Å². The van der Waals surface area contributed by atoms with E-state index in [-0.39, 0.29) is 18.1 Å². The molecule has 6 heteroatoms. The molecule has 0 aliphatic heterocycles. The van der Waals surface area contributed by atoms with Crippen molar-refractivity contribution in [1.29, 1.82) is 0 Å². The summed E-state index contributed by atoms with van der Waals surface area (Å²) < 4.78 is 13.7. The number of hydrogen-bond acceptors (Lipinski definition) is 3. The van der Waals surface area contributed by atoms with E-state index < -0.39 is 0 Å². The number of amides is 1. The number of nitrogens with zero attached hydrogens (tertiary/aromatic N) is 2. The average molecular weight is 342 g/mol. The minimum absolute atomic E-state index is 0.135. The van der Waals surface area contributed by atoms with Crippen molar-refractivity contribution in [3.05, 3.63) is 77.1 Å². The number of aromatic nitrogens is 2. The Labute approximate surface area is 143 Å². The van der Waals surface area contributed by atoms with Crippen LogP contribution < -0.4 is 5.32 Å². The molecule has 3 rings (SSSR count). The van der Waals surface area contributed by atoms with Gasteiger partial charge in [-0.1, -0.05) is 41.9 Å². The largest absolute Gasteiger partial charge is 0.309 e. The van der Waals surface area contributed by atoms with Crippen molar-refractivity contribution < 1.29 is 9.18 Å². The van der Waals surface area contributed by atoms with E-state index in [1.54, 1.807) is 48.5 Å². The lowest BCUT2D eigenvalue weighted by molar-refractivity contribution is -0.115. The molecule has 0 bridgehead atoms. The normalized spacial score (nSPS) is 10.4. The third-order valence-electron chi connectivity index (χ3n) is 3.39. The van der Waals surface area contributed by atoms with Crippen LogP contribution in [0.3, 0.4) is 0 Å². The Morgan fingerprint density at radius 3 is 2.46 bits per heavy atom. The molecule has 1 heterocycles. The highest BCUT2D eigenvalue weighted by Gasteiger charge is 2.10. The fourth-order valence-corrected chi connectivity index (χ4v) is 2.42. The van der Waals surface area contributed by atoms with Crippen LogP contribution in [0.5, 0.6) is 0 Å². The maximum absolute atomic E-state index is 13.7. The third kappa shape index (κ3) is 3.75. The van der Waals surface area contributed by atoms with Crippen LogP contribution in [0.4, 0.5) is 10.2 Å². The first-order chi connectivity index (χ1) is 11.6. The molecule has 0 radical (unpaired) electrons. The molecule has 120 valence electrons. The average Bonchev–Trinajstić information content (AvgIpc) is 2.58. The van der Waals surface area contributed by atoms with Crippen molar-refractivity contribution in [2.75, 3.05) is 5.32 Å². The molecule has 0 unspecified atom stereocenters. The summed E-state index contributed by atoms with van der Waals surface area (Å²) in [5, 5.41) is 11.1. The van der Waals surface area contributed by atoms with E-state index in [2.05, 4.69) is 15.5 Å². The Kier molecular flexibility index (Phi) is 4.82. The van der Waals surface area contributed by atoms with Gasteiger partial charge in [-0.15, -0.1) is 10.2 Å². The Bertz CT molecular complexity index is 868. The van der Waals surface area contributed by atoms with Crippen molar-refractivity contribution in [3.8, 4) is 11.3 Å². The van der Waals surface area contributed by atoms with Gasteiger partial charge in [0.15, 0.2) is 5.82 Å². The molecule has 24 heavy (non-hydrogen) atoms. The summed E-state index contributed by atoms with van der Waals surface area (Å²) in [6.07, 6.45) is 0.135. The fourth-order valence-electron chi connectivity index (χ4n) is 2.21. The molecule has 1 N–H and O–H groups in total. The Balaban J connectivity index is 1.69. The Morgan fingerprint density at radius 1 is 1.00 bits per heavy atom. The maximum atomic E-state index is 13.7. The molecule has 0 fully saturated rings. The Hall–Kier alpha value is -2.79. The van der Waals surface area contributed by atoms with Gasteiger partial charge in [-0.05, 0) is 35.9 Å². The van der Waals surface area contributed by atoms with Gasteiger partial charge in [0, 0.05) is 10.6 Å². The third-order valence-corrected chi connectivity index (χ3v) is 3.76. The number of hydrogen-bond donors (Lipinski definition) is 1. The monoisotopic (exact) mass is 341 g/mol. The van der Waals surface area contributed by atoms with E-state index in [4.69, 9.17) is 11.6 Å². The second-order valence-electron chi connectivity index (χ2n) is 5.10. The zero-order valence-electron chi connectivity index (χ0n) is 12.5. The minimum Gasteiger partial charge on any atom is -0.309 e. The smallest absolute Gasteiger partial charge is 0.230 e. The fraction of sp³-hybridized carbons (Fsp3) is 0.0556. The van der Waals surface area contributed by atoms with Crippen molar-refractivity contribution in [2.24, 2.45) is 0 Å². The summed E-state index contributed by atoms with van der Waals surface area (Å²) in [7, 11) is 0. The molecule has 3 aromatic rings. The molecule has 0 aliphatic rings. The van der Waals surface area contributed by atoms with E-state index in [0.717, 1.165) is 5.56 Å².